The summed E-state index contributed by atoms with van der Waals surface area (Å²) < 4.78 is 26.0. The van der Waals surface area contributed by atoms with E-state index in [9.17, 15) is 13.2 Å². The van der Waals surface area contributed by atoms with Gasteiger partial charge in [0.15, 0.2) is 0 Å². The monoisotopic (exact) mass is 289 g/mol. The number of amides is 1. The molecule has 4 nitrogen and oxygen atoms in total. The molecule has 2 rings (SSSR count). The summed E-state index contributed by atoms with van der Waals surface area (Å²) in [6.07, 6.45) is 0.0341. The van der Waals surface area contributed by atoms with Crippen LogP contribution in [0.1, 0.15) is 11.1 Å². The molecule has 0 saturated carbocycles. The van der Waals surface area contributed by atoms with E-state index in [1.54, 1.807) is 18.2 Å². The Balaban J connectivity index is 2.06. The van der Waals surface area contributed by atoms with E-state index in [2.05, 4.69) is 4.72 Å². The normalized spacial score (nSPS) is 11.1. The largest absolute Gasteiger partial charge is 0.274 e. The van der Waals surface area contributed by atoms with Gasteiger partial charge in [0.2, 0.25) is 5.91 Å². The van der Waals surface area contributed by atoms with Gasteiger partial charge in [-0.3, -0.25) is 4.79 Å². The SMILES string of the molecule is Cc1ccc(CC(=O)NS(=O)(=O)c2ccccc2)cc1. The molecule has 1 amide bonds. The van der Waals surface area contributed by atoms with Gasteiger partial charge in [0.25, 0.3) is 10.0 Å². The average molecular weight is 289 g/mol. The van der Waals surface area contributed by atoms with E-state index in [1.165, 1.54) is 12.1 Å². The van der Waals surface area contributed by atoms with Crippen LogP contribution in [0, 0.1) is 6.92 Å². The molecule has 0 aromatic heterocycles. The summed E-state index contributed by atoms with van der Waals surface area (Å²) in [5.41, 5.74) is 1.86. The predicted molar refractivity (Wildman–Crippen MR) is 76.7 cm³/mol. The Morgan fingerprint density at radius 3 is 2.20 bits per heavy atom. The van der Waals surface area contributed by atoms with Gasteiger partial charge in [0.1, 0.15) is 0 Å². The van der Waals surface area contributed by atoms with E-state index in [0.29, 0.717) is 0 Å². The zero-order valence-electron chi connectivity index (χ0n) is 11.0. The molecule has 0 atom stereocenters. The first-order valence-corrected chi connectivity index (χ1v) is 7.62. The number of sulfonamides is 1. The van der Waals surface area contributed by atoms with Crippen LogP contribution in [0.3, 0.4) is 0 Å². The van der Waals surface area contributed by atoms with Crippen molar-refractivity contribution in [2.75, 3.05) is 0 Å². The summed E-state index contributed by atoms with van der Waals surface area (Å²) in [6.45, 7) is 1.95. The van der Waals surface area contributed by atoms with Crippen molar-refractivity contribution in [3.05, 3.63) is 65.7 Å². The minimum absolute atomic E-state index is 0.0341. The molecule has 104 valence electrons. The highest BCUT2D eigenvalue weighted by atomic mass is 32.2. The Labute approximate surface area is 118 Å². The van der Waals surface area contributed by atoms with Crippen molar-refractivity contribution < 1.29 is 13.2 Å². The first-order valence-electron chi connectivity index (χ1n) is 6.13. The van der Waals surface area contributed by atoms with Crippen LogP contribution in [-0.2, 0) is 21.2 Å². The maximum Gasteiger partial charge on any atom is 0.264 e. The van der Waals surface area contributed by atoms with Crippen LogP contribution in [0.4, 0.5) is 0 Å². The van der Waals surface area contributed by atoms with E-state index >= 15 is 0 Å². The van der Waals surface area contributed by atoms with E-state index < -0.39 is 15.9 Å². The lowest BCUT2D eigenvalue weighted by Crippen LogP contribution is -2.31. The molecule has 2 aromatic rings. The van der Waals surface area contributed by atoms with E-state index in [0.717, 1.165) is 11.1 Å². The van der Waals surface area contributed by atoms with Gasteiger partial charge in [-0.1, -0.05) is 48.0 Å². The third-order valence-electron chi connectivity index (χ3n) is 2.79. The smallest absolute Gasteiger partial charge is 0.264 e. The number of nitrogens with one attached hydrogen (secondary N) is 1. The van der Waals surface area contributed by atoms with E-state index in [1.807, 2.05) is 31.2 Å². The Kier molecular flexibility index (Phi) is 4.20. The predicted octanol–water partition coefficient (Wildman–Crippen LogP) is 2.04. The molecule has 5 heteroatoms. The third kappa shape index (κ3) is 3.68. The van der Waals surface area contributed by atoms with Crippen LogP contribution in [0.25, 0.3) is 0 Å². The molecule has 0 aliphatic carbocycles. The van der Waals surface area contributed by atoms with Crippen LogP contribution in [0.2, 0.25) is 0 Å². The summed E-state index contributed by atoms with van der Waals surface area (Å²) in [5, 5.41) is 0. The second-order valence-electron chi connectivity index (χ2n) is 4.50. The van der Waals surface area contributed by atoms with Gasteiger partial charge in [-0.25, -0.2) is 13.1 Å². The molecule has 0 aliphatic rings. The van der Waals surface area contributed by atoms with Gasteiger partial charge in [-0.05, 0) is 24.6 Å². The van der Waals surface area contributed by atoms with Gasteiger partial charge in [-0.2, -0.15) is 0 Å². The second-order valence-corrected chi connectivity index (χ2v) is 6.19. The van der Waals surface area contributed by atoms with Gasteiger partial charge in [0, 0.05) is 0 Å². The first-order chi connectivity index (χ1) is 9.47. The number of benzene rings is 2. The quantitative estimate of drug-likeness (QED) is 0.937. The Morgan fingerprint density at radius 2 is 1.60 bits per heavy atom. The minimum Gasteiger partial charge on any atom is -0.274 e. The highest BCUT2D eigenvalue weighted by Gasteiger charge is 2.17. The summed E-state index contributed by atoms with van der Waals surface area (Å²) in [6, 6.07) is 15.2. The fourth-order valence-electron chi connectivity index (χ4n) is 1.74. The Bertz CT molecular complexity index is 692. The molecular weight excluding hydrogens is 274 g/mol. The fraction of sp³-hybridized carbons (Fsp3) is 0.133. The van der Waals surface area contributed by atoms with E-state index in [-0.39, 0.29) is 11.3 Å². The topological polar surface area (TPSA) is 63.2 Å². The maximum absolute atomic E-state index is 12.0. The van der Waals surface area contributed by atoms with Gasteiger partial charge < -0.3 is 0 Å². The third-order valence-corrected chi connectivity index (χ3v) is 4.18. The van der Waals surface area contributed by atoms with Crippen LogP contribution in [0.15, 0.2) is 59.5 Å². The van der Waals surface area contributed by atoms with Crippen molar-refractivity contribution in [2.24, 2.45) is 0 Å². The van der Waals surface area contributed by atoms with Crippen LogP contribution < -0.4 is 4.72 Å². The van der Waals surface area contributed by atoms with Crippen molar-refractivity contribution in [2.45, 2.75) is 18.2 Å². The summed E-state index contributed by atoms with van der Waals surface area (Å²) in [4.78, 5) is 11.9. The fourth-order valence-corrected chi connectivity index (χ4v) is 2.74. The lowest BCUT2D eigenvalue weighted by atomic mass is 10.1. The molecule has 0 spiro atoms. The molecule has 1 N–H and O–H groups in total. The number of aryl methyl sites for hydroxylation is 1. The van der Waals surface area contributed by atoms with Gasteiger partial charge in [0.05, 0.1) is 11.3 Å². The number of carbonyl (C=O) groups is 1. The number of rotatable bonds is 4. The number of carbonyl (C=O) groups excluding carboxylic acids is 1. The highest BCUT2D eigenvalue weighted by Crippen LogP contribution is 2.08. The molecule has 0 heterocycles. The van der Waals surface area contributed by atoms with E-state index in [4.69, 9.17) is 0 Å². The molecule has 0 radical (unpaired) electrons. The molecule has 0 bridgehead atoms. The average Bonchev–Trinajstić information content (AvgIpc) is 2.42. The van der Waals surface area contributed by atoms with Crippen LogP contribution in [0.5, 0.6) is 0 Å². The summed E-state index contributed by atoms with van der Waals surface area (Å²) in [5.74, 6) is -0.544. The standard InChI is InChI=1S/C15H15NO3S/c1-12-7-9-13(10-8-12)11-15(17)16-20(18,19)14-5-3-2-4-6-14/h2-10H,11H2,1H3,(H,16,17). The van der Waals surface area contributed by atoms with Crippen molar-refractivity contribution in [1.29, 1.82) is 0 Å². The molecule has 0 aliphatic heterocycles. The maximum atomic E-state index is 12.0. The number of hydrogen-bond donors (Lipinski definition) is 1. The van der Waals surface area contributed by atoms with Crippen LogP contribution in [-0.4, -0.2) is 14.3 Å². The number of hydrogen-bond acceptors (Lipinski definition) is 3. The minimum atomic E-state index is -3.79. The van der Waals surface area contributed by atoms with Gasteiger partial charge >= 0.3 is 0 Å². The lowest BCUT2D eigenvalue weighted by Gasteiger charge is -2.07. The highest BCUT2D eigenvalue weighted by molar-refractivity contribution is 7.90. The zero-order chi connectivity index (χ0) is 14.6. The Hall–Kier alpha value is -2.14. The summed E-state index contributed by atoms with van der Waals surface area (Å²) >= 11 is 0. The first kappa shape index (κ1) is 14.3. The van der Waals surface area contributed by atoms with Crippen molar-refractivity contribution in [1.82, 2.24) is 4.72 Å². The summed E-state index contributed by atoms with van der Waals surface area (Å²) in [7, 11) is -3.79. The molecule has 2 aromatic carbocycles. The lowest BCUT2D eigenvalue weighted by molar-refractivity contribution is -0.118. The van der Waals surface area contributed by atoms with Crippen molar-refractivity contribution in [3.8, 4) is 0 Å². The second kappa shape index (κ2) is 5.88. The molecular formula is C15H15NO3S. The molecule has 0 fully saturated rings. The van der Waals surface area contributed by atoms with Gasteiger partial charge in [-0.15, -0.1) is 0 Å². The zero-order valence-corrected chi connectivity index (χ0v) is 11.9. The molecule has 20 heavy (non-hydrogen) atoms. The molecule has 0 unspecified atom stereocenters. The van der Waals surface area contributed by atoms with Crippen molar-refractivity contribution >= 4 is 15.9 Å². The van der Waals surface area contributed by atoms with Crippen LogP contribution >= 0.6 is 0 Å². The van der Waals surface area contributed by atoms with Crippen molar-refractivity contribution in [3.63, 3.8) is 0 Å². The Morgan fingerprint density at radius 1 is 1.00 bits per heavy atom. The molecule has 0 saturated heterocycles.